The van der Waals surface area contributed by atoms with Crippen LogP contribution >= 0.6 is 0 Å². The van der Waals surface area contributed by atoms with Crippen molar-refractivity contribution in [2.75, 3.05) is 33.2 Å². The third-order valence-corrected chi connectivity index (χ3v) is 3.36. The predicted molar refractivity (Wildman–Crippen MR) is 71.7 cm³/mol. The molecule has 0 radical (unpaired) electrons. The van der Waals surface area contributed by atoms with Crippen molar-refractivity contribution in [3.8, 4) is 0 Å². The number of oxime groups is 1. The van der Waals surface area contributed by atoms with E-state index < -0.39 is 0 Å². The molecule has 1 heterocycles. The van der Waals surface area contributed by atoms with Crippen molar-refractivity contribution in [1.29, 1.82) is 0 Å². The van der Waals surface area contributed by atoms with Crippen molar-refractivity contribution < 1.29 is 9.60 Å². The Morgan fingerprint density at radius 1 is 1.32 bits per heavy atom. The van der Waals surface area contributed by atoms with Crippen LogP contribution in [-0.2, 0) is 6.54 Å². The molecule has 5 nitrogen and oxygen atoms in total. The second kappa shape index (κ2) is 5.99. The van der Waals surface area contributed by atoms with Gasteiger partial charge >= 0.3 is 0 Å². The number of amidine groups is 1. The van der Waals surface area contributed by atoms with E-state index in [1.807, 2.05) is 0 Å². The van der Waals surface area contributed by atoms with Crippen LogP contribution in [0.15, 0.2) is 23.4 Å². The van der Waals surface area contributed by atoms with Crippen molar-refractivity contribution in [1.82, 2.24) is 9.80 Å². The molecular formula is C13H19FN4O. The molecule has 3 N–H and O–H groups in total. The number of benzene rings is 1. The maximum Gasteiger partial charge on any atom is 0.170 e. The molecule has 19 heavy (non-hydrogen) atoms. The molecule has 104 valence electrons. The first-order chi connectivity index (χ1) is 9.08. The van der Waals surface area contributed by atoms with Gasteiger partial charge in [-0.05, 0) is 30.8 Å². The standard InChI is InChI=1S/C13H19FN4O/c1-17-2-4-18(5-3-17)9-10-6-11(13(15)16-19)8-12(14)7-10/h6-8,19H,2-5,9H2,1H3,(H2,15,16). The van der Waals surface area contributed by atoms with Gasteiger partial charge in [-0.25, -0.2) is 4.39 Å². The molecule has 1 aromatic rings. The number of nitrogens with two attached hydrogens (primary N) is 1. The van der Waals surface area contributed by atoms with Crippen molar-refractivity contribution in [2.24, 2.45) is 10.9 Å². The smallest absolute Gasteiger partial charge is 0.170 e. The number of likely N-dealkylation sites (N-methyl/N-ethyl adjacent to an activating group) is 1. The van der Waals surface area contributed by atoms with Gasteiger partial charge < -0.3 is 15.8 Å². The Kier molecular flexibility index (Phi) is 4.34. The zero-order valence-corrected chi connectivity index (χ0v) is 11.0. The van der Waals surface area contributed by atoms with E-state index in [-0.39, 0.29) is 11.7 Å². The number of hydrogen-bond donors (Lipinski definition) is 2. The van der Waals surface area contributed by atoms with E-state index in [1.165, 1.54) is 12.1 Å². The molecule has 6 heteroatoms. The highest BCUT2D eigenvalue weighted by molar-refractivity contribution is 5.97. The van der Waals surface area contributed by atoms with Gasteiger partial charge in [-0.1, -0.05) is 5.16 Å². The molecule has 0 aromatic heterocycles. The number of piperazine rings is 1. The summed E-state index contributed by atoms with van der Waals surface area (Å²) < 4.78 is 13.5. The van der Waals surface area contributed by atoms with Crippen molar-refractivity contribution in [3.05, 3.63) is 35.1 Å². The molecule has 0 amide bonds. The first-order valence-corrected chi connectivity index (χ1v) is 6.27. The number of nitrogens with zero attached hydrogens (tertiary/aromatic N) is 3. The minimum absolute atomic E-state index is 0.0703. The summed E-state index contributed by atoms with van der Waals surface area (Å²) in [6, 6.07) is 4.52. The normalized spacial score (nSPS) is 18.7. The maximum absolute atomic E-state index is 13.5. The fourth-order valence-corrected chi connectivity index (χ4v) is 2.21. The van der Waals surface area contributed by atoms with Gasteiger partial charge in [-0.15, -0.1) is 0 Å². The molecule has 1 aliphatic heterocycles. The minimum Gasteiger partial charge on any atom is -0.409 e. The van der Waals surface area contributed by atoms with Crippen LogP contribution in [0.4, 0.5) is 4.39 Å². The van der Waals surface area contributed by atoms with Gasteiger partial charge in [0, 0.05) is 38.3 Å². The number of hydrogen-bond acceptors (Lipinski definition) is 4. The average Bonchev–Trinajstić information content (AvgIpc) is 2.40. The first kappa shape index (κ1) is 13.8. The lowest BCUT2D eigenvalue weighted by molar-refractivity contribution is 0.148. The Morgan fingerprint density at radius 3 is 2.63 bits per heavy atom. The van der Waals surface area contributed by atoms with E-state index in [4.69, 9.17) is 10.9 Å². The quantitative estimate of drug-likeness (QED) is 0.365. The summed E-state index contributed by atoms with van der Waals surface area (Å²) >= 11 is 0. The molecule has 0 aliphatic carbocycles. The summed E-state index contributed by atoms with van der Waals surface area (Å²) in [6.45, 7) is 4.64. The second-order valence-corrected chi connectivity index (χ2v) is 4.91. The minimum atomic E-state index is -0.367. The van der Waals surface area contributed by atoms with E-state index in [0.29, 0.717) is 12.1 Å². The largest absolute Gasteiger partial charge is 0.409 e. The second-order valence-electron chi connectivity index (χ2n) is 4.91. The van der Waals surface area contributed by atoms with Gasteiger partial charge in [-0.3, -0.25) is 4.90 Å². The maximum atomic E-state index is 13.5. The Bertz CT molecular complexity index is 470. The number of halogens is 1. The molecule has 0 spiro atoms. The molecule has 0 saturated carbocycles. The van der Waals surface area contributed by atoms with Gasteiger partial charge in [-0.2, -0.15) is 0 Å². The van der Waals surface area contributed by atoms with Crippen molar-refractivity contribution in [2.45, 2.75) is 6.54 Å². The monoisotopic (exact) mass is 266 g/mol. The van der Waals surface area contributed by atoms with Crippen LogP contribution in [0.25, 0.3) is 0 Å². The van der Waals surface area contributed by atoms with Crippen molar-refractivity contribution >= 4 is 5.84 Å². The fourth-order valence-electron chi connectivity index (χ4n) is 2.21. The summed E-state index contributed by atoms with van der Waals surface area (Å²) in [6.07, 6.45) is 0. The van der Waals surface area contributed by atoms with Crippen LogP contribution in [-0.4, -0.2) is 54.1 Å². The van der Waals surface area contributed by atoms with E-state index in [2.05, 4.69) is 22.0 Å². The van der Waals surface area contributed by atoms with E-state index in [9.17, 15) is 4.39 Å². The Hall–Kier alpha value is -1.66. The van der Waals surface area contributed by atoms with Crippen LogP contribution in [0.5, 0.6) is 0 Å². The van der Waals surface area contributed by atoms with Gasteiger partial charge in [0.15, 0.2) is 5.84 Å². The Balaban J connectivity index is 2.10. The lowest BCUT2D eigenvalue weighted by Crippen LogP contribution is -2.43. The summed E-state index contributed by atoms with van der Waals surface area (Å²) in [4.78, 5) is 4.54. The van der Waals surface area contributed by atoms with Crippen LogP contribution in [0.2, 0.25) is 0 Å². The average molecular weight is 266 g/mol. The van der Waals surface area contributed by atoms with Gasteiger partial charge in [0.25, 0.3) is 0 Å². The van der Waals surface area contributed by atoms with E-state index in [0.717, 1.165) is 31.7 Å². The summed E-state index contributed by atoms with van der Waals surface area (Å²) in [5, 5.41) is 11.6. The molecule has 1 aromatic carbocycles. The third kappa shape index (κ3) is 3.65. The molecule has 1 saturated heterocycles. The lowest BCUT2D eigenvalue weighted by atomic mass is 10.1. The zero-order valence-electron chi connectivity index (χ0n) is 11.0. The van der Waals surface area contributed by atoms with Crippen LogP contribution in [0.1, 0.15) is 11.1 Å². The Morgan fingerprint density at radius 2 is 2.00 bits per heavy atom. The first-order valence-electron chi connectivity index (χ1n) is 6.27. The molecule has 1 fully saturated rings. The molecule has 2 rings (SSSR count). The van der Waals surface area contributed by atoms with Gasteiger partial charge in [0.2, 0.25) is 0 Å². The highest BCUT2D eigenvalue weighted by Gasteiger charge is 2.14. The molecular weight excluding hydrogens is 247 g/mol. The van der Waals surface area contributed by atoms with E-state index in [1.54, 1.807) is 6.07 Å². The lowest BCUT2D eigenvalue weighted by Gasteiger charge is -2.32. The summed E-state index contributed by atoms with van der Waals surface area (Å²) in [7, 11) is 2.09. The Labute approximate surface area is 112 Å². The van der Waals surface area contributed by atoms with Crippen LogP contribution in [0.3, 0.4) is 0 Å². The SMILES string of the molecule is CN1CCN(Cc2cc(F)cc(/C(N)=N/O)c2)CC1. The third-order valence-electron chi connectivity index (χ3n) is 3.36. The van der Waals surface area contributed by atoms with Gasteiger partial charge in [0.05, 0.1) is 0 Å². The molecule has 0 unspecified atom stereocenters. The molecule has 1 aliphatic rings. The topological polar surface area (TPSA) is 65.1 Å². The van der Waals surface area contributed by atoms with Gasteiger partial charge in [0.1, 0.15) is 5.82 Å². The summed E-state index contributed by atoms with van der Waals surface area (Å²) in [5.74, 6) is -0.438. The highest BCUT2D eigenvalue weighted by Crippen LogP contribution is 2.13. The number of rotatable bonds is 3. The van der Waals surface area contributed by atoms with Crippen LogP contribution in [0, 0.1) is 5.82 Å². The predicted octanol–water partition coefficient (Wildman–Crippen LogP) is 0.668. The highest BCUT2D eigenvalue weighted by atomic mass is 19.1. The molecule has 0 atom stereocenters. The van der Waals surface area contributed by atoms with Crippen molar-refractivity contribution in [3.63, 3.8) is 0 Å². The van der Waals surface area contributed by atoms with E-state index >= 15 is 0 Å². The summed E-state index contributed by atoms with van der Waals surface area (Å²) in [5.41, 5.74) is 6.74. The zero-order chi connectivity index (χ0) is 13.8. The van der Waals surface area contributed by atoms with Crippen LogP contribution < -0.4 is 5.73 Å². The fraction of sp³-hybridized carbons (Fsp3) is 0.462. The molecule has 0 bridgehead atoms.